The van der Waals surface area contributed by atoms with Gasteiger partial charge in [0.25, 0.3) is 0 Å². The van der Waals surface area contributed by atoms with Crippen LogP contribution < -0.4 is 5.32 Å². The smallest absolute Gasteiger partial charge is 0.0990 e. The first kappa shape index (κ1) is 20.5. The normalized spacial score (nSPS) is 14.5. The van der Waals surface area contributed by atoms with Crippen LogP contribution in [0.1, 0.15) is 90.9 Å². The number of nitrogens with zero attached hydrogens (tertiary/aromatic N) is 2. The van der Waals surface area contributed by atoms with Crippen molar-refractivity contribution in [2.75, 3.05) is 32.7 Å². The van der Waals surface area contributed by atoms with E-state index in [1.165, 1.54) is 82.9 Å². The van der Waals surface area contributed by atoms with Crippen molar-refractivity contribution in [3.8, 4) is 0 Å². The molecule has 1 aliphatic rings. The standard InChI is InChI=1S/C20H41N3/c1-3-5-7-8-9-10-11-12-13-14-20-22-17-19-23(20)18-16-21-15-6-4-2/h21H,3-19H2,1-2H3. The molecule has 0 amide bonds. The van der Waals surface area contributed by atoms with E-state index in [9.17, 15) is 0 Å². The highest BCUT2D eigenvalue weighted by molar-refractivity contribution is 5.83. The number of amidine groups is 1. The minimum Gasteiger partial charge on any atom is -0.357 e. The molecular weight excluding hydrogens is 282 g/mol. The third-order valence-electron chi connectivity index (χ3n) is 4.80. The molecule has 0 saturated heterocycles. The molecule has 0 spiro atoms. The Hall–Kier alpha value is -0.570. The second-order valence-electron chi connectivity index (χ2n) is 6.97. The molecule has 0 saturated carbocycles. The Balaban J connectivity index is 1.94. The highest BCUT2D eigenvalue weighted by atomic mass is 15.2. The predicted molar refractivity (Wildman–Crippen MR) is 103 cm³/mol. The molecule has 1 aliphatic heterocycles. The molecule has 0 bridgehead atoms. The van der Waals surface area contributed by atoms with E-state index >= 15 is 0 Å². The van der Waals surface area contributed by atoms with E-state index in [4.69, 9.17) is 4.99 Å². The van der Waals surface area contributed by atoms with Crippen molar-refractivity contribution in [3.05, 3.63) is 0 Å². The van der Waals surface area contributed by atoms with Crippen LogP contribution >= 0.6 is 0 Å². The minimum atomic E-state index is 1.02. The highest BCUT2D eigenvalue weighted by Gasteiger charge is 2.15. The molecule has 0 unspecified atom stereocenters. The zero-order chi connectivity index (χ0) is 16.6. The van der Waals surface area contributed by atoms with Crippen molar-refractivity contribution in [1.82, 2.24) is 10.2 Å². The van der Waals surface area contributed by atoms with Gasteiger partial charge in [-0.05, 0) is 19.4 Å². The summed E-state index contributed by atoms with van der Waals surface area (Å²) >= 11 is 0. The number of hydrogen-bond acceptors (Lipinski definition) is 3. The van der Waals surface area contributed by atoms with Gasteiger partial charge in [-0.2, -0.15) is 0 Å². The lowest BCUT2D eigenvalue weighted by Gasteiger charge is -2.20. The lowest BCUT2D eigenvalue weighted by atomic mass is 10.1. The third-order valence-corrected chi connectivity index (χ3v) is 4.80. The van der Waals surface area contributed by atoms with Crippen molar-refractivity contribution in [3.63, 3.8) is 0 Å². The van der Waals surface area contributed by atoms with Crippen LogP contribution in [0.2, 0.25) is 0 Å². The van der Waals surface area contributed by atoms with Gasteiger partial charge in [-0.3, -0.25) is 4.99 Å². The maximum atomic E-state index is 4.71. The molecule has 0 aromatic rings. The van der Waals surface area contributed by atoms with Crippen molar-refractivity contribution < 1.29 is 0 Å². The van der Waals surface area contributed by atoms with Gasteiger partial charge < -0.3 is 10.2 Å². The van der Waals surface area contributed by atoms with Crippen molar-refractivity contribution in [2.24, 2.45) is 4.99 Å². The fraction of sp³-hybridized carbons (Fsp3) is 0.950. The lowest BCUT2D eigenvalue weighted by molar-refractivity contribution is 0.432. The molecule has 136 valence electrons. The minimum absolute atomic E-state index is 1.02. The summed E-state index contributed by atoms with van der Waals surface area (Å²) in [4.78, 5) is 7.22. The van der Waals surface area contributed by atoms with Gasteiger partial charge in [0.2, 0.25) is 0 Å². The fourth-order valence-electron chi connectivity index (χ4n) is 3.24. The first-order valence-electron chi connectivity index (χ1n) is 10.4. The zero-order valence-corrected chi connectivity index (χ0v) is 15.9. The van der Waals surface area contributed by atoms with Gasteiger partial charge in [-0.25, -0.2) is 0 Å². The highest BCUT2D eigenvalue weighted by Crippen LogP contribution is 2.13. The second-order valence-corrected chi connectivity index (χ2v) is 6.97. The molecule has 0 aromatic carbocycles. The van der Waals surface area contributed by atoms with Crippen LogP contribution in [0.4, 0.5) is 0 Å². The SMILES string of the molecule is CCCCCCCCCCCC1=NCCN1CCNCCCC. The number of unbranched alkanes of at least 4 members (excludes halogenated alkanes) is 9. The van der Waals surface area contributed by atoms with Crippen LogP contribution in [0, 0.1) is 0 Å². The molecule has 0 aromatic heterocycles. The molecule has 23 heavy (non-hydrogen) atoms. The lowest BCUT2D eigenvalue weighted by Crippen LogP contribution is -2.35. The topological polar surface area (TPSA) is 27.6 Å². The van der Waals surface area contributed by atoms with Gasteiger partial charge in [0.05, 0.1) is 12.4 Å². The average Bonchev–Trinajstić information content (AvgIpc) is 3.00. The Morgan fingerprint density at radius 3 is 2.17 bits per heavy atom. The summed E-state index contributed by atoms with van der Waals surface area (Å²) < 4.78 is 0. The summed E-state index contributed by atoms with van der Waals surface area (Å²) in [6.07, 6.45) is 16.4. The van der Waals surface area contributed by atoms with Gasteiger partial charge in [0.15, 0.2) is 0 Å². The zero-order valence-electron chi connectivity index (χ0n) is 15.9. The van der Waals surface area contributed by atoms with Crippen LogP contribution in [0.5, 0.6) is 0 Å². The maximum Gasteiger partial charge on any atom is 0.0990 e. The van der Waals surface area contributed by atoms with E-state index < -0.39 is 0 Å². The summed E-state index contributed by atoms with van der Waals surface area (Å²) in [6.45, 7) is 10.1. The monoisotopic (exact) mass is 323 g/mol. The second kappa shape index (κ2) is 15.0. The largest absolute Gasteiger partial charge is 0.357 e. The summed E-state index contributed by atoms with van der Waals surface area (Å²) in [5, 5.41) is 3.54. The van der Waals surface area contributed by atoms with Gasteiger partial charge in [-0.1, -0.05) is 71.6 Å². The number of nitrogens with one attached hydrogen (secondary N) is 1. The molecule has 1 rings (SSSR count). The molecule has 0 atom stereocenters. The molecule has 3 heteroatoms. The Morgan fingerprint density at radius 1 is 0.826 bits per heavy atom. The Bertz CT molecular complexity index is 289. The molecule has 0 fully saturated rings. The van der Waals surface area contributed by atoms with E-state index in [1.807, 2.05) is 0 Å². The molecule has 1 heterocycles. The van der Waals surface area contributed by atoms with E-state index in [0.29, 0.717) is 0 Å². The van der Waals surface area contributed by atoms with E-state index in [2.05, 4.69) is 24.1 Å². The summed E-state index contributed by atoms with van der Waals surface area (Å²) in [5.41, 5.74) is 0. The molecule has 0 aliphatic carbocycles. The van der Waals surface area contributed by atoms with E-state index in [0.717, 1.165) is 32.7 Å². The van der Waals surface area contributed by atoms with Gasteiger partial charge in [0.1, 0.15) is 0 Å². The maximum absolute atomic E-state index is 4.71. The third kappa shape index (κ3) is 10.8. The quantitative estimate of drug-likeness (QED) is 0.404. The fourth-order valence-corrected chi connectivity index (χ4v) is 3.24. The van der Waals surface area contributed by atoms with E-state index in [1.54, 1.807) is 0 Å². The van der Waals surface area contributed by atoms with Crippen molar-refractivity contribution in [1.29, 1.82) is 0 Å². The van der Waals surface area contributed by atoms with Crippen LogP contribution in [-0.4, -0.2) is 43.5 Å². The summed E-state index contributed by atoms with van der Waals surface area (Å²) in [5.74, 6) is 1.38. The molecule has 0 radical (unpaired) electrons. The summed E-state index contributed by atoms with van der Waals surface area (Å²) in [7, 11) is 0. The van der Waals surface area contributed by atoms with Crippen LogP contribution in [-0.2, 0) is 0 Å². The Morgan fingerprint density at radius 2 is 1.48 bits per heavy atom. The summed E-state index contributed by atoms with van der Waals surface area (Å²) in [6, 6.07) is 0. The number of aliphatic imine (C=N–C) groups is 1. The van der Waals surface area contributed by atoms with Crippen LogP contribution in [0.25, 0.3) is 0 Å². The van der Waals surface area contributed by atoms with Crippen LogP contribution in [0.3, 0.4) is 0 Å². The molecule has 3 nitrogen and oxygen atoms in total. The van der Waals surface area contributed by atoms with Crippen molar-refractivity contribution in [2.45, 2.75) is 90.9 Å². The molecular formula is C20H41N3. The number of hydrogen-bond donors (Lipinski definition) is 1. The Kier molecular flexibility index (Phi) is 13.3. The van der Waals surface area contributed by atoms with Crippen molar-refractivity contribution >= 4 is 5.84 Å². The van der Waals surface area contributed by atoms with E-state index in [-0.39, 0.29) is 0 Å². The Labute approximate surface area is 145 Å². The average molecular weight is 324 g/mol. The van der Waals surface area contributed by atoms with Crippen LogP contribution in [0.15, 0.2) is 4.99 Å². The van der Waals surface area contributed by atoms with Gasteiger partial charge in [-0.15, -0.1) is 0 Å². The van der Waals surface area contributed by atoms with Gasteiger partial charge in [0, 0.05) is 26.1 Å². The first-order chi connectivity index (χ1) is 11.4. The number of rotatable bonds is 16. The molecule has 1 N–H and O–H groups in total. The predicted octanol–water partition coefficient (Wildman–Crippen LogP) is 5.01. The van der Waals surface area contributed by atoms with Gasteiger partial charge >= 0.3 is 0 Å². The first-order valence-corrected chi connectivity index (χ1v) is 10.4.